The summed E-state index contributed by atoms with van der Waals surface area (Å²) in [4.78, 5) is 7.80. The van der Waals surface area contributed by atoms with E-state index in [-0.39, 0.29) is 0 Å². The highest BCUT2D eigenvalue weighted by Gasteiger charge is 2.16. The highest BCUT2D eigenvalue weighted by atomic mass is 32.1. The number of hydrogen-bond acceptors (Lipinski definition) is 4. The van der Waals surface area contributed by atoms with Crippen molar-refractivity contribution in [3.8, 4) is 0 Å². The molecule has 1 heterocycles. The van der Waals surface area contributed by atoms with Crippen LogP contribution in [0.5, 0.6) is 0 Å². The quantitative estimate of drug-likeness (QED) is 0.862. The largest absolute Gasteiger partial charge is 0.388 e. The second-order valence-corrected chi connectivity index (χ2v) is 5.56. The number of hydrogen-bond donors (Lipinski definition) is 1. The van der Waals surface area contributed by atoms with Crippen molar-refractivity contribution in [3.63, 3.8) is 0 Å². The van der Waals surface area contributed by atoms with Gasteiger partial charge in [-0.15, -0.1) is 0 Å². The van der Waals surface area contributed by atoms with Crippen molar-refractivity contribution in [1.82, 2.24) is 4.98 Å². The monoisotopic (exact) mass is 242 g/mol. The first kappa shape index (κ1) is 13.5. The van der Waals surface area contributed by atoms with Gasteiger partial charge in [-0.25, -0.2) is 4.98 Å². The van der Waals surface area contributed by atoms with Crippen LogP contribution in [0.25, 0.3) is 0 Å². The summed E-state index contributed by atoms with van der Waals surface area (Å²) in [5.41, 5.74) is 0.956. The van der Waals surface area contributed by atoms with Gasteiger partial charge in [0.2, 0.25) is 0 Å². The Morgan fingerprint density at radius 2 is 2.00 bits per heavy atom. The first-order valence-corrected chi connectivity index (χ1v) is 6.67. The Hall–Kier alpha value is -0.610. The molecular formula is C12H22N2OS. The Labute approximate surface area is 102 Å². The molecule has 0 aliphatic carbocycles. The summed E-state index contributed by atoms with van der Waals surface area (Å²) in [5, 5.41) is 10.6. The van der Waals surface area contributed by atoms with Crippen molar-refractivity contribution < 1.29 is 5.11 Å². The molecule has 1 rings (SSSR count). The lowest BCUT2D eigenvalue weighted by molar-refractivity contribution is 0.202. The molecule has 0 bridgehead atoms. The van der Waals surface area contributed by atoms with E-state index in [1.165, 1.54) is 0 Å². The highest BCUT2D eigenvalue weighted by Crippen LogP contribution is 2.30. The zero-order chi connectivity index (χ0) is 12.3. The fourth-order valence-electron chi connectivity index (χ4n) is 1.70. The van der Waals surface area contributed by atoms with Gasteiger partial charge in [0, 0.05) is 13.1 Å². The van der Waals surface area contributed by atoms with E-state index in [2.05, 4.69) is 30.7 Å². The Morgan fingerprint density at radius 1 is 1.38 bits per heavy atom. The molecule has 0 aliphatic heterocycles. The molecule has 0 saturated heterocycles. The van der Waals surface area contributed by atoms with Crippen LogP contribution >= 0.6 is 11.3 Å². The molecule has 0 amide bonds. The van der Waals surface area contributed by atoms with Crippen LogP contribution in [0.2, 0.25) is 0 Å². The third kappa shape index (κ3) is 3.19. The molecule has 1 N–H and O–H groups in total. The van der Waals surface area contributed by atoms with E-state index in [1.54, 1.807) is 18.3 Å². The number of rotatable bonds is 5. The molecule has 92 valence electrons. The summed E-state index contributed by atoms with van der Waals surface area (Å²) in [6.07, 6.45) is -0.413. The van der Waals surface area contributed by atoms with E-state index < -0.39 is 6.10 Å². The Kier molecular flexibility index (Phi) is 4.74. The lowest BCUT2D eigenvalue weighted by Crippen LogP contribution is -2.26. The van der Waals surface area contributed by atoms with Gasteiger partial charge in [0.15, 0.2) is 5.13 Å². The summed E-state index contributed by atoms with van der Waals surface area (Å²) in [6.45, 7) is 12.3. The van der Waals surface area contributed by atoms with E-state index >= 15 is 0 Å². The molecular weight excluding hydrogens is 220 g/mol. The van der Waals surface area contributed by atoms with E-state index in [0.29, 0.717) is 5.92 Å². The molecule has 0 spiro atoms. The van der Waals surface area contributed by atoms with Gasteiger partial charge in [-0.3, -0.25) is 0 Å². The predicted molar refractivity (Wildman–Crippen MR) is 70.2 cm³/mol. The fourth-order valence-corrected chi connectivity index (χ4v) is 2.78. The van der Waals surface area contributed by atoms with Crippen molar-refractivity contribution >= 4 is 16.5 Å². The molecule has 1 aromatic rings. The van der Waals surface area contributed by atoms with Crippen molar-refractivity contribution in [2.45, 2.75) is 40.7 Å². The lowest BCUT2D eigenvalue weighted by atomic mass is 10.2. The van der Waals surface area contributed by atoms with Gasteiger partial charge in [-0.2, -0.15) is 0 Å². The SMILES string of the molecule is CCN(CC(C)C)c1nc(C)c(C(C)O)s1. The number of aryl methyl sites for hydroxylation is 1. The number of aliphatic hydroxyl groups excluding tert-OH is 1. The standard InChI is InChI=1S/C12H22N2OS/c1-6-14(7-8(2)3)12-13-9(4)11(16-12)10(5)15/h8,10,15H,6-7H2,1-5H3. The third-order valence-electron chi connectivity index (χ3n) is 2.44. The Morgan fingerprint density at radius 3 is 2.38 bits per heavy atom. The maximum atomic E-state index is 9.61. The second-order valence-electron chi connectivity index (χ2n) is 4.55. The van der Waals surface area contributed by atoms with E-state index in [4.69, 9.17) is 0 Å². The van der Waals surface area contributed by atoms with E-state index in [9.17, 15) is 5.11 Å². The lowest BCUT2D eigenvalue weighted by Gasteiger charge is -2.21. The summed E-state index contributed by atoms with van der Waals surface area (Å²) in [6, 6.07) is 0. The average Bonchev–Trinajstić information content (AvgIpc) is 2.56. The number of nitrogens with zero attached hydrogens (tertiary/aromatic N) is 2. The zero-order valence-corrected chi connectivity index (χ0v) is 11.6. The maximum absolute atomic E-state index is 9.61. The molecule has 1 aromatic heterocycles. The summed E-state index contributed by atoms with van der Waals surface area (Å²) < 4.78 is 0. The molecule has 4 heteroatoms. The molecule has 1 unspecified atom stereocenters. The van der Waals surface area contributed by atoms with E-state index in [1.807, 2.05) is 6.92 Å². The van der Waals surface area contributed by atoms with Crippen LogP contribution in [0, 0.1) is 12.8 Å². The molecule has 16 heavy (non-hydrogen) atoms. The summed E-state index contributed by atoms with van der Waals surface area (Å²) >= 11 is 1.61. The first-order chi connectivity index (χ1) is 7.45. The summed E-state index contributed by atoms with van der Waals surface area (Å²) in [5.74, 6) is 0.624. The highest BCUT2D eigenvalue weighted by molar-refractivity contribution is 7.15. The smallest absolute Gasteiger partial charge is 0.185 e. The van der Waals surface area contributed by atoms with Gasteiger partial charge in [-0.1, -0.05) is 25.2 Å². The Balaban J connectivity index is 2.89. The van der Waals surface area contributed by atoms with Crippen molar-refractivity contribution in [3.05, 3.63) is 10.6 Å². The van der Waals surface area contributed by atoms with Gasteiger partial charge in [0.25, 0.3) is 0 Å². The molecule has 0 aromatic carbocycles. The van der Waals surface area contributed by atoms with Crippen LogP contribution < -0.4 is 4.90 Å². The van der Waals surface area contributed by atoms with Gasteiger partial charge in [0.1, 0.15) is 0 Å². The molecule has 0 saturated carbocycles. The Bertz CT molecular complexity index is 334. The molecule has 3 nitrogen and oxygen atoms in total. The normalized spacial score (nSPS) is 13.2. The predicted octanol–water partition coefficient (Wildman–Crippen LogP) is 2.99. The van der Waals surface area contributed by atoms with Gasteiger partial charge >= 0.3 is 0 Å². The number of anilines is 1. The van der Waals surface area contributed by atoms with E-state index in [0.717, 1.165) is 28.8 Å². The third-order valence-corrected chi connectivity index (χ3v) is 3.83. The first-order valence-electron chi connectivity index (χ1n) is 5.86. The van der Waals surface area contributed by atoms with Gasteiger partial charge < -0.3 is 10.0 Å². The number of thiazole rings is 1. The van der Waals surface area contributed by atoms with Crippen molar-refractivity contribution in [1.29, 1.82) is 0 Å². The minimum atomic E-state index is -0.413. The maximum Gasteiger partial charge on any atom is 0.185 e. The number of aromatic nitrogens is 1. The van der Waals surface area contributed by atoms with Crippen LogP contribution in [0.1, 0.15) is 44.4 Å². The van der Waals surface area contributed by atoms with Gasteiger partial charge in [0.05, 0.1) is 16.7 Å². The molecule has 1 atom stereocenters. The summed E-state index contributed by atoms with van der Waals surface area (Å²) in [7, 11) is 0. The minimum Gasteiger partial charge on any atom is -0.388 e. The fraction of sp³-hybridized carbons (Fsp3) is 0.750. The number of aliphatic hydroxyl groups is 1. The molecule has 0 radical (unpaired) electrons. The second kappa shape index (κ2) is 5.64. The van der Waals surface area contributed by atoms with Crippen LogP contribution in [-0.4, -0.2) is 23.2 Å². The zero-order valence-electron chi connectivity index (χ0n) is 10.8. The van der Waals surface area contributed by atoms with Crippen LogP contribution in [0.4, 0.5) is 5.13 Å². The average molecular weight is 242 g/mol. The minimum absolute atomic E-state index is 0.413. The van der Waals surface area contributed by atoms with Crippen molar-refractivity contribution in [2.75, 3.05) is 18.0 Å². The molecule has 0 aliphatic rings. The van der Waals surface area contributed by atoms with Crippen LogP contribution in [0.3, 0.4) is 0 Å². The topological polar surface area (TPSA) is 36.4 Å². The van der Waals surface area contributed by atoms with Gasteiger partial charge in [-0.05, 0) is 26.7 Å². The van der Waals surface area contributed by atoms with Crippen LogP contribution in [0.15, 0.2) is 0 Å². The van der Waals surface area contributed by atoms with Crippen molar-refractivity contribution in [2.24, 2.45) is 5.92 Å². The molecule has 0 fully saturated rings. The van der Waals surface area contributed by atoms with Crippen LogP contribution in [-0.2, 0) is 0 Å².